The number of fused-ring (bicyclic) bond motifs is 1. The van der Waals surface area contributed by atoms with Crippen LogP contribution in [0.3, 0.4) is 0 Å². The van der Waals surface area contributed by atoms with Gasteiger partial charge in [0.2, 0.25) is 5.88 Å². The van der Waals surface area contributed by atoms with Gasteiger partial charge in [-0.25, -0.2) is 19.3 Å². The molecule has 34 heavy (non-hydrogen) atoms. The van der Waals surface area contributed by atoms with E-state index in [4.69, 9.17) is 14.5 Å². The first-order valence-corrected chi connectivity index (χ1v) is 11.2. The van der Waals surface area contributed by atoms with Crippen LogP contribution in [0.15, 0.2) is 54.9 Å². The highest BCUT2D eigenvalue weighted by atomic mass is 19.1. The zero-order valence-corrected chi connectivity index (χ0v) is 18.5. The van der Waals surface area contributed by atoms with E-state index < -0.39 is 0 Å². The largest absolute Gasteiger partial charge is 0.476 e. The van der Waals surface area contributed by atoms with Crippen molar-refractivity contribution in [2.24, 2.45) is 5.92 Å². The lowest BCUT2D eigenvalue weighted by molar-refractivity contribution is -0.0513. The van der Waals surface area contributed by atoms with Crippen molar-refractivity contribution < 1.29 is 18.7 Å². The molecule has 0 bridgehead atoms. The molecule has 3 heterocycles. The number of rotatable bonds is 9. The first kappa shape index (κ1) is 22.0. The lowest BCUT2D eigenvalue weighted by atomic mass is 10.1. The minimum Gasteiger partial charge on any atom is -0.476 e. The second-order valence-electron chi connectivity index (χ2n) is 8.20. The van der Waals surface area contributed by atoms with Crippen LogP contribution in [0, 0.1) is 11.7 Å². The summed E-state index contributed by atoms with van der Waals surface area (Å²) < 4.78 is 24.7. The first-order chi connectivity index (χ1) is 16.7. The van der Waals surface area contributed by atoms with Gasteiger partial charge in [-0.1, -0.05) is 0 Å². The van der Waals surface area contributed by atoms with Gasteiger partial charge in [0.05, 0.1) is 30.9 Å². The fourth-order valence-corrected chi connectivity index (χ4v) is 3.65. The topological polar surface area (TPSA) is 102 Å². The number of benzene rings is 2. The summed E-state index contributed by atoms with van der Waals surface area (Å²) in [7, 11) is 0. The summed E-state index contributed by atoms with van der Waals surface area (Å²) in [6.07, 6.45) is 5.02. The molecule has 1 aliphatic heterocycles. The number of amides is 1. The van der Waals surface area contributed by atoms with Gasteiger partial charge in [-0.3, -0.25) is 4.79 Å². The SMILES string of the molecule is O=C(NCCCc1ncc[nH]1)c1ccc2nc(OCC3COC3)c(-c3ccc(F)cc3)nc2c1. The van der Waals surface area contributed by atoms with Crippen LogP contribution in [0.4, 0.5) is 4.39 Å². The van der Waals surface area contributed by atoms with Gasteiger partial charge in [0.25, 0.3) is 5.91 Å². The fraction of sp³-hybridized carbons (Fsp3) is 0.280. The standard InChI is InChI=1S/C25H24FN5O3/c26-19-6-3-17(4-7-19)23-25(34-15-16-13-33-14-16)31-20-8-5-18(12-21(20)30-23)24(32)29-9-1-2-22-27-10-11-28-22/h3-8,10-12,16H,1-2,9,13-15H2,(H,27,28)(H,29,32). The molecular weight excluding hydrogens is 437 g/mol. The molecule has 4 aromatic rings. The Bertz CT molecular complexity index is 1270. The van der Waals surface area contributed by atoms with Crippen LogP contribution in [0.1, 0.15) is 22.6 Å². The molecule has 0 spiro atoms. The van der Waals surface area contributed by atoms with Gasteiger partial charge in [0.15, 0.2) is 0 Å². The van der Waals surface area contributed by atoms with Crippen LogP contribution >= 0.6 is 0 Å². The summed E-state index contributed by atoms with van der Waals surface area (Å²) in [5.41, 5.74) is 2.85. The molecule has 0 unspecified atom stereocenters. The Morgan fingerprint density at radius 1 is 1.15 bits per heavy atom. The molecule has 1 aliphatic rings. The monoisotopic (exact) mass is 461 g/mol. The van der Waals surface area contributed by atoms with Gasteiger partial charge < -0.3 is 19.8 Å². The third-order valence-corrected chi connectivity index (χ3v) is 5.61. The molecule has 1 amide bonds. The number of hydrogen-bond donors (Lipinski definition) is 2. The van der Waals surface area contributed by atoms with E-state index in [0.717, 1.165) is 18.7 Å². The minimum atomic E-state index is -0.336. The Morgan fingerprint density at radius 2 is 2.00 bits per heavy atom. The molecule has 5 rings (SSSR count). The third-order valence-electron chi connectivity index (χ3n) is 5.61. The zero-order valence-electron chi connectivity index (χ0n) is 18.5. The van der Waals surface area contributed by atoms with Crippen molar-refractivity contribution in [1.82, 2.24) is 25.3 Å². The molecule has 2 aromatic heterocycles. The van der Waals surface area contributed by atoms with E-state index in [1.807, 2.05) is 0 Å². The predicted molar refractivity (Wildman–Crippen MR) is 124 cm³/mol. The average Bonchev–Trinajstić information content (AvgIpc) is 3.34. The first-order valence-electron chi connectivity index (χ1n) is 11.2. The minimum absolute atomic E-state index is 0.184. The van der Waals surface area contributed by atoms with Crippen molar-refractivity contribution in [3.63, 3.8) is 0 Å². The Labute approximate surface area is 195 Å². The highest BCUT2D eigenvalue weighted by molar-refractivity contribution is 5.97. The maximum atomic E-state index is 13.5. The van der Waals surface area contributed by atoms with Crippen LogP contribution < -0.4 is 10.1 Å². The van der Waals surface area contributed by atoms with Crippen LogP contribution in [0.2, 0.25) is 0 Å². The van der Waals surface area contributed by atoms with Gasteiger partial charge >= 0.3 is 0 Å². The van der Waals surface area contributed by atoms with Gasteiger partial charge in [-0.15, -0.1) is 0 Å². The van der Waals surface area contributed by atoms with Crippen LogP contribution in [0.25, 0.3) is 22.3 Å². The van der Waals surface area contributed by atoms with Crippen molar-refractivity contribution in [3.05, 3.63) is 72.1 Å². The smallest absolute Gasteiger partial charge is 0.251 e. The van der Waals surface area contributed by atoms with Crippen molar-refractivity contribution >= 4 is 16.9 Å². The summed E-state index contributed by atoms with van der Waals surface area (Å²) in [6, 6.07) is 11.2. The molecule has 1 saturated heterocycles. The number of nitrogens with one attached hydrogen (secondary N) is 2. The van der Waals surface area contributed by atoms with E-state index in [1.165, 1.54) is 12.1 Å². The Balaban J connectivity index is 1.35. The lowest BCUT2D eigenvalue weighted by Gasteiger charge is -2.25. The van der Waals surface area contributed by atoms with Crippen LogP contribution in [-0.4, -0.2) is 52.2 Å². The molecule has 0 saturated carbocycles. The number of nitrogens with zero attached hydrogens (tertiary/aromatic N) is 3. The van der Waals surface area contributed by atoms with E-state index in [9.17, 15) is 9.18 Å². The number of aryl methyl sites for hydroxylation is 1. The van der Waals surface area contributed by atoms with Crippen molar-refractivity contribution in [2.45, 2.75) is 12.8 Å². The quantitative estimate of drug-likeness (QED) is 0.370. The molecule has 0 atom stereocenters. The molecule has 2 aromatic carbocycles. The molecule has 9 heteroatoms. The molecule has 8 nitrogen and oxygen atoms in total. The number of ether oxygens (including phenoxy) is 2. The highest BCUT2D eigenvalue weighted by Gasteiger charge is 2.21. The summed E-state index contributed by atoms with van der Waals surface area (Å²) in [4.78, 5) is 29.3. The number of hydrogen-bond acceptors (Lipinski definition) is 6. The summed E-state index contributed by atoms with van der Waals surface area (Å²) >= 11 is 0. The van der Waals surface area contributed by atoms with E-state index in [0.29, 0.717) is 66.0 Å². The van der Waals surface area contributed by atoms with Crippen molar-refractivity contribution in [2.75, 3.05) is 26.4 Å². The predicted octanol–water partition coefficient (Wildman–Crippen LogP) is 3.55. The van der Waals surface area contributed by atoms with Gasteiger partial charge in [-0.2, -0.15) is 0 Å². The molecule has 0 radical (unpaired) electrons. The summed E-state index contributed by atoms with van der Waals surface area (Å²) in [5, 5.41) is 2.93. The number of aromatic nitrogens is 4. The zero-order chi connectivity index (χ0) is 23.3. The Morgan fingerprint density at radius 3 is 2.74 bits per heavy atom. The van der Waals surface area contributed by atoms with E-state index in [2.05, 4.69) is 20.3 Å². The lowest BCUT2D eigenvalue weighted by Crippen LogP contribution is -2.32. The third kappa shape index (κ3) is 5.04. The summed E-state index contributed by atoms with van der Waals surface area (Å²) in [5.74, 6) is 1.07. The van der Waals surface area contributed by atoms with Crippen molar-refractivity contribution in [3.8, 4) is 17.1 Å². The number of halogens is 1. The molecule has 174 valence electrons. The normalized spacial score (nSPS) is 13.6. The van der Waals surface area contributed by atoms with E-state index in [-0.39, 0.29) is 11.7 Å². The second kappa shape index (κ2) is 9.96. The maximum Gasteiger partial charge on any atom is 0.251 e. The molecule has 2 N–H and O–H groups in total. The number of imidazole rings is 1. The van der Waals surface area contributed by atoms with E-state index >= 15 is 0 Å². The second-order valence-corrected chi connectivity index (χ2v) is 8.20. The highest BCUT2D eigenvalue weighted by Crippen LogP contribution is 2.30. The maximum absolute atomic E-state index is 13.5. The van der Waals surface area contributed by atoms with Crippen LogP contribution in [-0.2, 0) is 11.2 Å². The van der Waals surface area contributed by atoms with E-state index in [1.54, 1.807) is 42.7 Å². The number of carbonyl (C=O) groups excluding carboxylic acids is 1. The number of carbonyl (C=O) groups is 1. The average molecular weight is 461 g/mol. The number of aromatic amines is 1. The van der Waals surface area contributed by atoms with Gasteiger partial charge in [0.1, 0.15) is 17.3 Å². The Kier molecular flexibility index (Phi) is 6.44. The molecule has 1 fully saturated rings. The van der Waals surface area contributed by atoms with Gasteiger partial charge in [0, 0.05) is 42.4 Å². The number of H-pyrrole nitrogens is 1. The van der Waals surface area contributed by atoms with Gasteiger partial charge in [-0.05, 0) is 48.9 Å². The molecular formula is C25H24FN5O3. The molecule has 0 aliphatic carbocycles. The van der Waals surface area contributed by atoms with Crippen molar-refractivity contribution in [1.29, 1.82) is 0 Å². The summed E-state index contributed by atoms with van der Waals surface area (Å²) in [6.45, 7) is 2.31. The Hall–Kier alpha value is -3.85. The fourth-order valence-electron chi connectivity index (χ4n) is 3.65. The van der Waals surface area contributed by atoms with Crippen LogP contribution in [0.5, 0.6) is 5.88 Å².